The van der Waals surface area contributed by atoms with Gasteiger partial charge in [-0.2, -0.15) is 0 Å². The van der Waals surface area contributed by atoms with Crippen molar-refractivity contribution in [1.82, 2.24) is 4.98 Å². The number of carbonyl (C=O) groups is 1. The summed E-state index contributed by atoms with van der Waals surface area (Å²) in [4.78, 5) is 15.2. The number of hydrogen-bond donors (Lipinski definition) is 2. The molecule has 0 aromatic carbocycles. The van der Waals surface area contributed by atoms with E-state index in [1.807, 2.05) is 13.8 Å². The molecule has 0 amide bonds. The number of nitrogens with one attached hydrogen (secondary N) is 1. The van der Waals surface area contributed by atoms with Crippen molar-refractivity contribution in [3.05, 3.63) is 10.6 Å². The lowest BCUT2D eigenvalue weighted by Gasteiger charge is -2.11. The number of ether oxygens (including phenoxy) is 1. The number of carboxylic acid groups (broad SMARTS) is 1. The first-order valence-corrected chi connectivity index (χ1v) is 5.92. The first kappa shape index (κ1) is 12.9. The number of aryl methyl sites for hydroxylation is 1. The topological polar surface area (TPSA) is 71.5 Å². The lowest BCUT2D eigenvalue weighted by atomic mass is 10.4. The molecule has 16 heavy (non-hydrogen) atoms. The summed E-state index contributed by atoms with van der Waals surface area (Å²) in [6.07, 6.45) is 0.0856. The standard InChI is InChI=1S/C10H16N2O3S/c1-4-15-6(2)5-11-10-12-7(3)8(16-10)9(13)14/h6H,4-5H2,1-3H3,(H,11,12)(H,13,14). The van der Waals surface area contributed by atoms with Crippen molar-refractivity contribution in [2.24, 2.45) is 0 Å². The SMILES string of the molecule is CCOC(C)CNc1nc(C)c(C(=O)O)s1. The summed E-state index contributed by atoms with van der Waals surface area (Å²) in [6, 6.07) is 0. The molecule has 0 radical (unpaired) electrons. The zero-order chi connectivity index (χ0) is 12.1. The summed E-state index contributed by atoms with van der Waals surface area (Å²) in [7, 11) is 0. The Labute approximate surface area is 98.5 Å². The summed E-state index contributed by atoms with van der Waals surface area (Å²) in [5.74, 6) is -0.930. The highest BCUT2D eigenvalue weighted by atomic mass is 32.1. The molecule has 6 heteroatoms. The number of thiazole rings is 1. The van der Waals surface area contributed by atoms with E-state index in [4.69, 9.17) is 9.84 Å². The van der Waals surface area contributed by atoms with Crippen molar-refractivity contribution in [1.29, 1.82) is 0 Å². The van der Waals surface area contributed by atoms with Gasteiger partial charge in [0.1, 0.15) is 4.88 Å². The number of hydrogen-bond acceptors (Lipinski definition) is 5. The molecule has 1 aromatic rings. The van der Waals surface area contributed by atoms with E-state index in [1.165, 1.54) is 0 Å². The highest BCUT2D eigenvalue weighted by Crippen LogP contribution is 2.22. The van der Waals surface area contributed by atoms with Gasteiger partial charge in [-0.3, -0.25) is 0 Å². The second kappa shape index (κ2) is 5.81. The maximum Gasteiger partial charge on any atom is 0.347 e. The number of carboxylic acids is 1. The predicted molar refractivity (Wildman–Crippen MR) is 63.4 cm³/mol. The Morgan fingerprint density at radius 1 is 1.69 bits per heavy atom. The average Bonchev–Trinajstić information content (AvgIpc) is 2.57. The van der Waals surface area contributed by atoms with Crippen molar-refractivity contribution in [2.45, 2.75) is 26.9 Å². The molecule has 1 atom stereocenters. The molecular weight excluding hydrogens is 228 g/mol. The molecule has 90 valence electrons. The van der Waals surface area contributed by atoms with Crippen molar-refractivity contribution in [2.75, 3.05) is 18.5 Å². The van der Waals surface area contributed by atoms with Crippen LogP contribution in [0.15, 0.2) is 0 Å². The van der Waals surface area contributed by atoms with E-state index in [1.54, 1.807) is 6.92 Å². The molecule has 0 aliphatic heterocycles. The van der Waals surface area contributed by atoms with Gasteiger partial charge < -0.3 is 15.2 Å². The van der Waals surface area contributed by atoms with Gasteiger partial charge in [0, 0.05) is 13.2 Å². The summed E-state index contributed by atoms with van der Waals surface area (Å²) >= 11 is 1.15. The molecule has 2 N–H and O–H groups in total. The fourth-order valence-corrected chi connectivity index (χ4v) is 2.06. The van der Waals surface area contributed by atoms with Crippen molar-refractivity contribution < 1.29 is 14.6 Å². The van der Waals surface area contributed by atoms with Gasteiger partial charge in [0.15, 0.2) is 5.13 Å². The molecule has 0 aliphatic carbocycles. The Hall–Kier alpha value is -1.14. The lowest BCUT2D eigenvalue weighted by Crippen LogP contribution is -2.19. The van der Waals surface area contributed by atoms with Gasteiger partial charge in [-0.1, -0.05) is 11.3 Å². The van der Waals surface area contributed by atoms with Crippen molar-refractivity contribution >= 4 is 22.4 Å². The third-order valence-corrected chi connectivity index (χ3v) is 3.09. The summed E-state index contributed by atoms with van der Waals surface area (Å²) in [6.45, 7) is 6.87. The largest absolute Gasteiger partial charge is 0.477 e. The molecule has 0 saturated heterocycles. The van der Waals surface area contributed by atoms with Gasteiger partial charge >= 0.3 is 5.97 Å². The van der Waals surface area contributed by atoms with Crippen LogP contribution in [0.1, 0.15) is 29.2 Å². The van der Waals surface area contributed by atoms with Crippen LogP contribution in [0.2, 0.25) is 0 Å². The van der Waals surface area contributed by atoms with Crippen LogP contribution in [0.25, 0.3) is 0 Å². The molecule has 0 aliphatic rings. The van der Waals surface area contributed by atoms with Gasteiger partial charge in [-0.05, 0) is 20.8 Å². The molecule has 5 nitrogen and oxygen atoms in total. The average molecular weight is 244 g/mol. The van der Waals surface area contributed by atoms with Crippen LogP contribution in [0.5, 0.6) is 0 Å². The van der Waals surface area contributed by atoms with E-state index in [9.17, 15) is 4.79 Å². The number of nitrogens with zero attached hydrogens (tertiary/aromatic N) is 1. The van der Waals surface area contributed by atoms with Gasteiger partial charge in [-0.25, -0.2) is 9.78 Å². The van der Waals surface area contributed by atoms with Gasteiger partial charge in [0.2, 0.25) is 0 Å². The summed E-state index contributed by atoms with van der Waals surface area (Å²) < 4.78 is 5.35. The van der Waals surface area contributed by atoms with Crippen molar-refractivity contribution in [3.8, 4) is 0 Å². The second-order valence-corrected chi connectivity index (χ2v) is 4.38. The fraction of sp³-hybridized carbons (Fsp3) is 0.600. The third kappa shape index (κ3) is 3.46. The predicted octanol–water partition coefficient (Wildman–Crippen LogP) is 1.99. The minimum Gasteiger partial charge on any atom is -0.477 e. The molecule has 1 unspecified atom stereocenters. The normalized spacial score (nSPS) is 12.4. The van der Waals surface area contributed by atoms with E-state index < -0.39 is 5.97 Å². The number of aromatic nitrogens is 1. The van der Waals surface area contributed by atoms with Crippen LogP contribution in [0, 0.1) is 6.92 Å². The first-order valence-electron chi connectivity index (χ1n) is 5.10. The number of anilines is 1. The molecule has 0 bridgehead atoms. The lowest BCUT2D eigenvalue weighted by molar-refractivity contribution is 0.0701. The smallest absolute Gasteiger partial charge is 0.347 e. The highest BCUT2D eigenvalue weighted by molar-refractivity contribution is 7.17. The Kier molecular flexibility index (Phi) is 4.70. The fourth-order valence-electron chi connectivity index (χ4n) is 1.24. The van der Waals surface area contributed by atoms with E-state index in [-0.39, 0.29) is 11.0 Å². The quantitative estimate of drug-likeness (QED) is 0.800. The molecule has 0 fully saturated rings. The number of rotatable bonds is 6. The monoisotopic (exact) mass is 244 g/mol. The maximum atomic E-state index is 10.8. The maximum absolute atomic E-state index is 10.8. The molecule has 0 saturated carbocycles. The van der Waals surface area contributed by atoms with E-state index >= 15 is 0 Å². The zero-order valence-electron chi connectivity index (χ0n) is 9.61. The molecule has 1 aromatic heterocycles. The zero-order valence-corrected chi connectivity index (χ0v) is 10.4. The molecular formula is C10H16N2O3S. The Morgan fingerprint density at radius 2 is 2.38 bits per heavy atom. The van der Waals surface area contributed by atoms with Crippen LogP contribution in [0.4, 0.5) is 5.13 Å². The van der Waals surface area contributed by atoms with Crippen LogP contribution in [-0.4, -0.2) is 35.3 Å². The molecule has 1 heterocycles. The van der Waals surface area contributed by atoms with Gasteiger partial charge in [-0.15, -0.1) is 0 Å². The first-order chi connectivity index (χ1) is 7.54. The van der Waals surface area contributed by atoms with Crippen molar-refractivity contribution in [3.63, 3.8) is 0 Å². The van der Waals surface area contributed by atoms with Crippen LogP contribution in [0.3, 0.4) is 0 Å². The van der Waals surface area contributed by atoms with Gasteiger partial charge in [0.05, 0.1) is 11.8 Å². The summed E-state index contributed by atoms with van der Waals surface area (Å²) in [5.41, 5.74) is 0.545. The third-order valence-electron chi connectivity index (χ3n) is 1.98. The van der Waals surface area contributed by atoms with Crippen LogP contribution in [-0.2, 0) is 4.74 Å². The van der Waals surface area contributed by atoms with E-state index in [2.05, 4.69) is 10.3 Å². The van der Waals surface area contributed by atoms with Crippen LogP contribution < -0.4 is 5.32 Å². The Morgan fingerprint density at radius 3 is 2.88 bits per heavy atom. The minimum atomic E-state index is -0.930. The van der Waals surface area contributed by atoms with Crippen LogP contribution >= 0.6 is 11.3 Å². The summed E-state index contributed by atoms with van der Waals surface area (Å²) in [5, 5.41) is 12.5. The Bertz CT molecular complexity index is 365. The number of aromatic carboxylic acids is 1. The molecule has 0 spiro atoms. The van der Waals surface area contributed by atoms with Gasteiger partial charge in [0.25, 0.3) is 0 Å². The minimum absolute atomic E-state index is 0.0856. The molecule has 1 rings (SSSR count). The highest BCUT2D eigenvalue weighted by Gasteiger charge is 2.14. The Balaban J connectivity index is 2.55. The van der Waals surface area contributed by atoms with E-state index in [0.29, 0.717) is 24.0 Å². The van der Waals surface area contributed by atoms with E-state index in [0.717, 1.165) is 11.3 Å². The second-order valence-electron chi connectivity index (χ2n) is 3.39.